The van der Waals surface area contributed by atoms with E-state index in [9.17, 15) is 0 Å². The van der Waals surface area contributed by atoms with E-state index in [2.05, 4.69) is 75.9 Å². The number of nitrogens with zero attached hydrogens (tertiary/aromatic N) is 3. The van der Waals surface area contributed by atoms with Crippen LogP contribution in [0.4, 0.5) is 0 Å². The van der Waals surface area contributed by atoms with Gasteiger partial charge in [-0.25, -0.2) is 0 Å². The molecule has 0 spiro atoms. The van der Waals surface area contributed by atoms with Gasteiger partial charge in [0.15, 0.2) is 0 Å². The van der Waals surface area contributed by atoms with Crippen molar-refractivity contribution >= 4 is 7.92 Å². The van der Waals surface area contributed by atoms with Gasteiger partial charge >= 0.3 is 27.1 Å². The standard InChI is InChI=1S/C22H39NP.N2.Rh/c1-9-23(10-2)13-21-12-22(20(8)11-19(21)7)16-24(14-17(3)4)15-18(5)6;1-2;/h11,17-18H,9-10,13-16H2,1-8H3;;/q-1;;. The zero-order valence-electron chi connectivity index (χ0n) is 18.6. The summed E-state index contributed by atoms with van der Waals surface area (Å²) >= 11 is 1.90. The molecule has 1 aromatic rings. The Morgan fingerprint density at radius 2 is 1.48 bits per heavy atom. The van der Waals surface area contributed by atoms with Gasteiger partial charge in [-0.1, -0.05) is 55.4 Å². The first-order valence-corrected chi connectivity index (χ1v) is 12.7. The fourth-order valence-electron chi connectivity index (χ4n) is 3.34. The van der Waals surface area contributed by atoms with Crippen LogP contribution < -0.4 is 3.48 Å². The van der Waals surface area contributed by atoms with Gasteiger partial charge in [-0.3, -0.25) is 0 Å². The van der Waals surface area contributed by atoms with Crippen LogP contribution in [-0.2, 0) is 30.8 Å². The summed E-state index contributed by atoms with van der Waals surface area (Å²) in [7, 11) is 0.0735. The topological polar surface area (TPSA) is 39.6 Å². The first kappa shape index (κ1) is 26.7. The van der Waals surface area contributed by atoms with Crippen molar-refractivity contribution in [1.82, 2.24) is 8.38 Å². The molecule has 0 saturated heterocycles. The van der Waals surface area contributed by atoms with Gasteiger partial charge in [-0.05, 0) is 43.4 Å². The minimum absolute atomic E-state index is 0.0735. The predicted octanol–water partition coefficient (Wildman–Crippen LogP) is 6.04. The van der Waals surface area contributed by atoms with Gasteiger partial charge in [0.05, 0.1) is 0 Å². The first-order valence-electron chi connectivity index (χ1n) is 10.1. The van der Waals surface area contributed by atoms with Gasteiger partial charge < -0.3 is 4.90 Å². The number of benzene rings is 1. The molecule has 0 unspecified atom stereocenters. The van der Waals surface area contributed by atoms with E-state index in [1.165, 1.54) is 40.7 Å². The van der Waals surface area contributed by atoms with Crippen LogP contribution in [0.5, 0.6) is 0 Å². The molecule has 0 radical (unpaired) electrons. The van der Waals surface area contributed by atoms with Gasteiger partial charge in [0.25, 0.3) is 0 Å². The molecule has 157 valence electrons. The minimum atomic E-state index is 0.0735. The van der Waals surface area contributed by atoms with Crippen LogP contribution in [0.1, 0.15) is 63.8 Å². The SMILES string of the molecule is CCN(CC)Cc1[c-]c(CP(CC(C)C)CC(C)C)c(C)cc1C.[N-]=[N+]=[Rh]. The van der Waals surface area contributed by atoms with Gasteiger partial charge in [-0.2, -0.15) is 28.8 Å². The van der Waals surface area contributed by atoms with Crippen molar-refractivity contribution in [3.05, 3.63) is 39.9 Å². The van der Waals surface area contributed by atoms with Gasteiger partial charge in [0, 0.05) is 6.54 Å². The van der Waals surface area contributed by atoms with Gasteiger partial charge in [0.1, 0.15) is 0 Å². The third-order valence-corrected chi connectivity index (χ3v) is 7.85. The van der Waals surface area contributed by atoms with Crippen molar-refractivity contribution in [2.45, 2.75) is 68.1 Å². The molecular weight excluding hydrogens is 440 g/mol. The molecule has 0 saturated carbocycles. The molecule has 0 atom stereocenters. The van der Waals surface area contributed by atoms with E-state index in [1.807, 2.05) is 18.1 Å². The average molecular weight is 479 g/mol. The zero-order chi connectivity index (χ0) is 21.0. The number of aryl methyl sites for hydroxylation is 2. The molecule has 0 amide bonds. The maximum atomic E-state index is 7.15. The van der Waals surface area contributed by atoms with Crippen LogP contribution in [0.15, 0.2) is 6.07 Å². The van der Waals surface area contributed by atoms with Crippen molar-refractivity contribution in [3.8, 4) is 0 Å². The van der Waals surface area contributed by atoms with Crippen molar-refractivity contribution in [1.29, 1.82) is 0 Å². The Bertz CT molecular complexity index is 567. The van der Waals surface area contributed by atoms with Crippen molar-refractivity contribution in [3.63, 3.8) is 0 Å². The van der Waals surface area contributed by atoms with E-state index >= 15 is 0 Å². The molecule has 0 aliphatic rings. The Morgan fingerprint density at radius 1 is 1.04 bits per heavy atom. The summed E-state index contributed by atoms with van der Waals surface area (Å²) in [5.74, 6) is 1.60. The van der Waals surface area contributed by atoms with E-state index in [-0.39, 0.29) is 7.92 Å². The van der Waals surface area contributed by atoms with Crippen LogP contribution in [0.2, 0.25) is 0 Å². The second kappa shape index (κ2) is 14.7. The number of hydrogen-bond acceptors (Lipinski definition) is 1. The summed E-state index contributed by atoms with van der Waals surface area (Å²) < 4.78 is 2.39. The molecular formula is C22H39N3PRh-. The molecule has 0 bridgehead atoms. The van der Waals surface area contributed by atoms with E-state index in [1.54, 1.807) is 0 Å². The molecule has 27 heavy (non-hydrogen) atoms. The fourth-order valence-corrected chi connectivity index (χ4v) is 6.59. The van der Waals surface area contributed by atoms with Crippen LogP contribution in [0, 0.1) is 31.7 Å². The predicted molar refractivity (Wildman–Crippen MR) is 117 cm³/mol. The molecule has 1 aromatic carbocycles. The number of hydrogen-bond donors (Lipinski definition) is 0. The fraction of sp³-hybridized carbons (Fsp3) is 0.727. The van der Waals surface area contributed by atoms with Crippen LogP contribution in [0.3, 0.4) is 0 Å². The monoisotopic (exact) mass is 479 g/mol. The van der Waals surface area contributed by atoms with Crippen LogP contribution >= 0.6 is 7.92 Å². The molecule has 0 aromatic heterocycles. The molecule has 5 heteroatoms. The molecule has 0 N–H and O–H groups in total. The molecule has 0 fully saturated rings. The summed E-state index contributed by atoms with van der Waals surface area (Å²) in [5.41, 5.74) is 12.9. The van der Waals surface area contributed by atoms with E-state index in [0.29, 0.717) is 0 Å². The normalized spacial score (nSPS) is 11.1. The Morgan fingerprint density at radius 3 is 1.89 bits per heavy atom. The molecule has 0 heterocycles. The summed E-state index contributed by atoms with van der Waals surface area (Å²) in [4.78, 5) is 2.49. The summed E-state index contributed by atoms with van der Waals surface area (Å²) in [6.07, 6.45) is 4.03. The molecule has 1 rings (SSSR count). The summed E-state index contributed by atoms with van der Waals surface area (Å²) in [6.45, 7) is 21.8. The van der Waals surface area contributed by atoms with Crippen molar-refractivity contribution < 1.29 is 18.1 Å². The quantitative estimate of drug-likeness (QED) is 0.133. The average Bonchev–Trinajstić information content (AvgIpc) is 2.55. The second-order valence-corrected chi connectivity index (χ2v) is 10.8. The molecule has 0 aliphatic heterocycles. The van der Waals surface area contributed by atoms with Crippen LogP contribution in [-0.4, -0.2) is 30.3 Å². The third-order valence-electron chi connectivity index (χ3n) is 4.59. The first-order chi connectivity index (χ1) is 12.7. The third kappa shape index (κ3) is 11.4. The summed E-state index contributed by atoms with van der Waals surface area (Å²) in [6, 6.07) is 6.22. The molecule has 3 nitrogen and oxygen atoms in total. The Kier molecular flexibility index (Phi) is 14.6. The number of rotatable bonds is 10. The van der Waals surface area contributed by atoms with E-state index < -0.39 is 0 Å². The Labute approximate surface area is 179 Å². The maximum absolute atomic E-state index is 7.15. The Hall–Kier alpha value is -0.257. The summed E-state index contributed by atoms with van der Waals surface area (Å²) in [5, 5.41) is 0. The zero-order valence-corrected chi connectivity index (χ0v) is 21.1. The van der Waals surface area contributed by atoms with Gasteiger partial charge in [0.2, 0.25) is 0 Å². The second-order valence-electron chi connectivity index (χ2n) is 8.10. The van der Waals surface area contributed by atoms with E-state index in [4.69, 9.17) is 5.53 Å². The van der Waals surface area contributed by atoms with Crippen LogP contribution in [0.25, 0.3) is 5.53 Å². The van der Waals surface area contributed by atoms with Gasteiger partial charge in [-0.15, -0.1) is 13.5 Å². The van der Waals surface area contributed by atoms with Crippen molar-refractivity contribution in [2.24, 2.45) is 11.8 Å². The van der Waals surface area contributed by atoms with Crippen molar-refractivity contribution in [2.75, 3.05) is 25.4 Å². The molecule has 0 aliphatic carbocycles. The van der Waals surface area contributed by atoms with E-state index in [0.717, 1.165) is 31.5 Å². The Balaban J connectivity index is 0.00000210.